The minimum atomic E-state index is 0.717. The van der Waals surface area contributed by atoms with Gasteiger partial charge in [-0.25, -0.2) is 0 Å². The molecule has 0 amide bonds. The molecule has 0 saturated heterocycles. The van der Waals surface area contributed by atoms with Crippen molar-refractivity contribution < 1.29 is 4.79 Å². The fraction of sp³-hybridized carbons (Fsp3) is 0.364. The van der Waals surface area contributed by atoms with Crippen molar-refractivity contribution in [2.24, 2.45) is 0 Å². The monoisotopic (exact) mass is 318 g/mol. The molecule has 14 heavy (non-hydrogen) atoms. The minimum Gasteiger partial charge on any atom is -0.298 e. The van der Waals surface area contributed by atoms with Crippen LogP contribution in [-0.2, 0) is 6.42 Å². The van der Waals surface area contributed by atoms with Crippen molar-refractivity contribution in [3.8, 4) is 0 Å². The number of carbonyl (C=O) groups is 1. The van der Waals surface area contributed by atoms with Gasteiger partial charge >= 0.3 is 0 Å². The number of hydrogen-bond donors (Lipinski definition) is 0. The lowest BCUT2D eigenvalue weighted by atomic mass is 10.1. The van der Waals surface area contributed by atoms with E-state index in [1.165, 1.54) is 18.4 Å². The third kappa shape index (κ3) is 3.54. The van der Waals surface area contributed by atoms with Crippen LogP contribution in [0.5, 0.6) is 0 Å². The highest BCUT2D eigenvalue weighted by atomic mass is 79.9. The standard InChI is InChI=1S/C11H12Br2O/c12-6-2-1-3-9-4-5-10(8-14)11(13)7-9/h4-5,7-8H,1-3,6H2. The van der Waals surface area contributed by atoms with Crippen molar-refractivity contribution in [1.82, 2.24) is 0 Å². The Bertz CT molecular complexity index is 310. The van der Waals surface area contributed by atoms with Crippen LogP contribution < -0.4 is 0 Å². The number of rotatable bonds is 5. The predicted molar refractivity (Wildman–Crippen MR) is 66.3 cm³/mol. The van der Waals surface area contributed by atoms with Crippen LogP contribution in [0.15, 0.2) is 22.7 Å². The van der Waals surface area contributed by atoms with Crippen LogP contribution in [0.4, 0.5) is 0 Å². The first kappa shape index (κ1) is 11.9. The van der Waals surface area contributed by atoms with E-state index in [2.05, 4.69) is 31.9 Å². The van der Waals surface area contributed by atoms with Gasteiger partial charge in [-0.15, -0.1) is 0 Å². The zero-order valence-electron chi connectivity index (χ0n) is 7.80. The van der Waals surface area contributed by atoms with E-state index in [9.17, 15) is 4.79 Å². The third-order valence-corrected chi connectivity index (χ3v) is 3.29. The first-order chi connectivity index (χ1) is 6.77. The number of unbranched alkanes of at least 4 members (excludes halogenated alkanes) is 1. The number of halogens is 2. The molecule has 1 nitrogen and oxygen atoms in total. The molecule has 0 N–H and O–H groups in total. The Balaban J connectivity index is 2.62. The topological polar surface area (TPSA) is 17.1 Å². The molecule has 1 rings (SSSR count). The van der Waals surface area contributed by atoms with Crippen LogP contribution in [0.3, 0.4) is 0 Å². The molecule has 0 aliphatic rings. The molecular weight excluding hydrogens is 308 g/mol. The van der Waals surface area contributed by atoms with E-state index in [0.717, 1.165) is 22.5 Å². The number of carbonyl (C=O) groups excluding carboxylic acids is 1. The SMILES string of the molecule is O=Cc1ccc(CCCCBr)cc1Br. The van der Waals surface area contributed by atoms with Gasteiger partial charge in [0.25, 0.3) is 0 Å². The van der Waals surface area contributed by atoms with Crippen LogP contribution in [0.2, 0.25) is 0 Å². The molecule has 0 spiro atoms. The van der Waals surface area contributed by atoms with E-state index in [1.54, 1.807) is 0 Å². The zero-order valence-corrected chi connectivity index (χ0v) is 11.0. The number of aryl methyl sites for hydroxylation is 1. The Labute approximate surface area is 101 Å². The summed E-state index contributed by atoms with van der Waals surface area (Å²) in [6.07, 6.45) is 4.31. The molecule has 0 aliphatic heterocycles. The second-order valence-electron chi connectivity index (χ2n) is 3.12. The van der Waals surface area contributed by atoms with Crippen LogP contribution in [0.25, 0.3) is 0 Å². The van der Waals surface area contributed by atoms with Crippen molar-refractivity contribution in [1.29, 1.82) is 0 Å². The Morgan fingerprint density at radius 1 is 1.29 bits per heavy atom. The maximum atomic E-state index is 10.6. The Morgan fingerprint density at radius 3 is 2.64 bits per heavy atom. The lowest BCUT2D eigenvalue weighted by Crippen LogP contribution is -1.89. The van der Waals surface area contributed by atoms with Crippen molar-refractivity contribution >= 4 is 38.1 Å². The van der Waals surface area contributed by atoms with E-state index >= 15 is 0 Å². The summed E-state index contributed by atoms with van der Waals surface area (Å²) in [4.78, 5) is 10.6. The summed E-state index contributed by atoms with van der Waals surface area (Å²) < 4.78 is 0.892. The number of alkyl halides is 1. The third-order valence-electron chi connectivity index (χ3n) is 2.04. The normalized spacial score (nSPS) is 10.1. The van der Waals surface area contributed by atoms with Crippen LogP contribution in [-0.4, -0.2) is 11.6 Å². The molecule has 0 atom stereocenters. The van der Waals surface area contributed by atoms with Crippen LogP contribution in [0.1, 0.15) is 28.8 Å². The molecule has 1 aromatic rings. The largest absolute Gasteiger partial charge is 0.298 e. The highest BCUT2D eigenvalue weighted by molar-refractivity contribution is 9.10. The number of hydrogen-bond acceptors (Lipinski definition) is 1. The zero-order chi connectivity index (χ0) is 10.4. The van der Waals surface area contributed by atoms with Gasteiger partial charge in [0.2, 0.25) is 0 Å². The molecule has 76 valence electrons. The summed E-state index contributed by atoms with van der Waals surface area (Å²) in [5.41, 5.74) is 2.00. The molecule has 1 aromatic carbocycles. The lowest BCUT2D eigenvalue weighted by molar-refractivity contribution is 0.112. The van der Waals surface area contributed by atoms with Gasteiger partial charge in [0.15, 0.2) is 6.29 Å². The summed E-state index contributed by atoms with van der Waals surface area (Å²) in [7, 11) is 0. The maximum absolute atomic E-state index is 10.6. The molecule has 0 radical (unpaired) electrons. The van der Waals surface area contributed by atoms with Gasteiger partial charge in [0.05, 0.1) is 0 Å². The number of benzene rings is 1. The fourth-order valence-electron chi connectivity index (χ4n) is 1.25. The van der Waals surface area contributed by atoms with Crippen LogP contribution >= 0.6 is 31.9 Å². The molecule has 0 fully saturated rings. The average molecular weight is 320 g/mol. The molecular formula is C11H12Br2O. The first-order valence-corrected chi connectivity index (χ1v) is 6.49. The van der Waals surface area contributed by atoms with Gasteiger partial charge in [-0.1, -0.05) is 44.0 Å². The van der Waals surface area contributed by atoms with Gasteiger partial charge in [0.1, 0.15) is 0 Å². The van der Waals surface area contributed by atoms with E-state index in [0.29, 0.717) is 5.56 Å². The molecule has 0 heterocycles. The summed E-state index contributed by atoms with van der Waals surface area (Å²) in [5, 5.41) is 1.06. The van der Waals surface area contributed by atoms with Crippen molar-refractivity contribution in [2.45, 2.75) is 19.3 Å². The van der Waals surface area contributed by atoms with Gasteiger partial charge < -0.3 is 0 Å². The minimum absolute atomic E-state index is 0.717. The summed E-state index contributed by atoms with van der Waals surface area (Å²) in [6.45, 7) is 0. The molecule has 0 saturated carbocycles. The van der Waals surface area contributed by atoms with Crippen molar-refractivity contribution in [3.63, 3.8) is 0 Å². The highest BCUT2D eigenvalue weighted by Gasteiger charge is 1.99. The highest BCUT2D eigenvalue weighted by Crippen LogP contribution is 2.18. The van der Waals surface area contributed by atoms with E-state index in [-0.39, 0.29) is 0 Å². The Morgan fingerprint density at radius 2 is 2.07 bits per heavy atom. The second-order valence-corrected chi connectivity index (χ2v) is 4.77. The summed E-state index contributed by atoms with van der Waals surface area (Å²) >= 11 is 6.78. The Kier molecular flexibility index (Phi) is 5.41. The predicted octanol–water partition coefficient (Wildman–Crippen LogP) is 3.98. The number of aldehydes is 1. The van der Waals surface area contributed by atoms with Gasteiger partial charge in [-0.2, -0.15) is 0 Å². The van der Waals surface area contributed by atoms with Gasteiger partial charge in [0, 0.05) is 15.4 Å². The fourth-order valence-corrected chi connectivity index (χ4v) is 2.16. The Hall–Kier alpha value is -0.150. The molecule has 3 heteroatoms. The van der Waals surface area contributed by atoms with Gasteiger partial charge in [-0.05, 0) is 30.9 Å². The summed E-state index contributed by atoms with van der Waals surface area (Å²) in [5.74, 6) is 0. The smallest absolute Gasteiger partial charge is 0.151 e. The quantitative estimate of drug-likeness (QED) is 0.456. The van der Waals surface area contributed by atoms with E-state index < -0.39 is 0 Å². The lowest BCUT2D eigenvalue weighted by Gasteiger charge is -2.02. The van der Waals surface area contributed by atoms with Gasteiger partial charge in [-0.3, -0.25) is 4.79 Å². The van der Waals surface area contributed by atoms with E-state index in [4.69, 9.17) is 0 Å². The van der Waals surface area contributed by atoms with Crippen LogP contribution in [0, 0.1) is 0 Å². The summed E-state index contributed by atoms with van der Waals surface area (Å²) in [6, 6.07) is 5.90. The molecule has 0 unspecified atom stereocenters. The van der Waals surface area contributed by atoms with E-state index in [1.807, 2.05) is 18.2 Å². The second kappa shape index (κ2) is 6.36. The molecule has 0 bridgehead atoms. The first-order valence-electron chi connectivity index (χ1n) is 4.57. The van der Waals surface area contributed by atoms with Crippen molar-refractivity contribution in [3.05, 3.63) is 33.8 Å². The van der Waals surface area contributed by atoms with Crippen molar-refractivity contribution in [2.75, 3.05) is 5.33 Å². The maximum Gasteiger partial charge on any atom is 0.151 e. The average Bonchev–Trinajstić information content (AvgIpc) is 2.18. The molecule has 0 aliphatic carbocycles. The molecule has 0 aromatic heterocycles.